The molecule has 0 saturated heterocycles. The normalized spacial score (nSPS) is 19.3. The van der Waals surface area contributed by atoms with Crippen LogP contribution < -0.4 is 15.2 Å². The van der Waals surface area contributed by atoms with Gasteiger partial charge in [-0.25, -0.2) is 0 Å². The van der Waals surface area contributed by atoms with Crippen LogP contribution in [0.15, 0.2) is 18.2 Å². The molecule has 1 aromatic rings. The van der Waals surface area contributed by atoms with E-state index in [0.29, 0.717) is 12.3 Å². The highest BCUT2D eigenvalue weighted by molar-refractivity contribution is 5.52. The number of ether oxygens (including phenoxy) is 2. The van der Waals surface area contributed by atoms with E-state index in [1.807, 2.05) is 26.2 Å². The Kier molecular flexibility index (Phi) is 2.68. The first-order chi connectivity index (χ1) is 7.15. The minimum atomic E-state index is 0.0936. The zero-order valence-corrected chi connectivity index (χ0v) is 9.06. The van der Waals surface area contributed by atoms with Gasteiger partial charge in [0, 0.05) is 18.3 Å². The molecule has 0 radical (unpaired) electrons. The first kappa shape index (κ1) is 10.1. The molecule has 0 bridgehead atoms. The van der Waals surface area contributed by atoms with Crippen LogP contribution in [0.5, 0.6) is 11.5 Å². The van der Waals surface area contributed by atoms with E-state index in [9.17, 15) is 0 Å². The molecule has 1 aliphatic rings. The van der Waals surface area contributed by atoms with Gasteiger partial charge in [-0.05, 0) is 26.2 Å². The molecule has 0 amide bonds. The number of anilines is 1. The van der Waals surface area contributed by atoms with E-state index in [4.69, 9.17) is 15.2 Å². The Bertz CT molecular complexity index is 352. The first-order valence-electron chi connectivity index (χ1n) is 4.99. The van der Waals surface area contributed by atoms with Crippen molar-refractivity contribution in [1.29, 1.82) is 0 Å². The molecule has 1 heterocycles. The Morgan fingerprint density at radius 1 is 1.40 bits per heavy atom. The second-order valence-corrected chi connectivity index (χ2v) is 4.02. The lowest BCUT2D eigenvalue weighted by Crippen LogP contribution is -2.37. The van der Waals surface area contributed by atoms with Crippen molar-refractivity contribution >= 4 is 5.69 Å². The lowest BCUT2D eigenvalue weighted by atomic mass is 10.2. The molecule has 1 aromatic carbocycles. The van der Waals surface area contributed by atoms with Gasteiger partial charge in [0.05, 0.1) is 0 Å². The van der Waals surface area contributed by atoms with Crippen LogP contribution in [-0.2, 0) is 0 Å². The van der Waals surface area contributed by atoms with E-state index in [1.54, 1.807) is 6.07 Å². The van der Waals surface area contributed by atoms with Gasteiger partial charge < -0.3 is 20.1 Å². The van der Waals surface area contributed by atoms with Crippen molar-refractivity contribution in [3.63, 3.8) is 0 Å². The molecule has 2 N–H and O–H groups in total. The number of likely N-dealkylation sites (N-methyl/N-ethyl adjacent to an activating group) is 1. The molecule has 0 aromatic heterocycles. The zero-order chi connectivity index (χ0) is 10.8. The van der Waals surface area contributed by atoms with Crippen LogP contribution in [0.25, 0.3) is 0 Å². The minimum Gasteiger partial charge on any atom is -0.486 e. The number of nitrogen functional groups attached to an aromatic ring is 1. The highest BCUT2D eigenvalue weighted by atomic mass is 16.6. The van der Waals surface area contributed by atoms with Crippen molar-refractivity contribution in [1.82, 2.24) is 4.90 Å². The third kappa shape index (κ3) is 2.33. The summed E-state index contributed by atoms with van der Waals surface area (Å²) in [6.07, 6.45) is 0.0936. The molecule has 0 fully saturated rings. The highest BCUT2D eigenvalue weighted by Gasteiger charge is 2.21. The molecule has 0 spiro atoms. The summed E-state index contributed by atoms with van der Waals surface area (Å²) >= 11 is 0. The minimum absolute atomic E-state index is 0.0936. The molecule has 2 rings (SSSR count). The van der Waals surface area contributed by atoms with Crippen LogP contribution in [0.1, 0.15) is 0 Å². The van der Waals surface area contributed by atoms with E-state index < -0.39 is 0 Å². The molecule has 15 heavy (non-hydrogen) atoms. The quantitative estimate of drug-likeness (QED) is 0.736. The van der Waals surface area contributed by atoms with Gasteiger partial charge in [-0.2, -0.15) is 0 Å². The molecule has 1 atom stereocenters. The summed E-state index contributed by atoms with van der Waals surface area (Å²) < 4.78 is 11.4. The SMILES string of the molecule is CN(C)C[C@@H]1COc2cc(N)ccc2O1. The summed E-state index contributed by atoms with van der Waals surface area (Å²) in [4.78, 5) is 2.08. The third-order valence-electron chi connectivity index (χ3n) is 2.25. The van der Waals surface area contributed by atoms with Crippen molar-refractivity contribution in [3.05, 3.63) is 18.2 Å². The fraction of sp³-hybridized carbons (Fsp3) is 0.455. The number of hydrogen-bond acceptors (Lipinski definition) is 4. The zero-order valence-electron chi connectivity index (χ0n) is 9.06. The van der Waals surface area contributed by atoms with Crippen LogP contribution in [-0.4, -0.2) is 38.3 Å². The van der Waals surface area contributed by atoms with E-state index in [2.05, 4.69) is 4.90 Å². The fourth-order valence-corrected chi connectivity index (χ4v) is 1.63. The maximum atomic E-state index is 5.78. The monoisotopic (exact) mass is 208 g/mol. The number of benzene rings is 1. The summed E-state index contributed by atoms with van der Waals surface area (Å²) in [6, 6.07) is 5.47. The Morgan fingerprint density at radius 3 is 2.93 bits per heavy atom. The number of nitrogens with zero attached hydrogens (tertiary/aromatic N) is 1. The molecule has 0 unspecified atom stereocenters. The van der Waals surface area contributed by atoms with Crippen LogP contribution >= 0.6 is 0 Å². The third-order valence-corrected chi connectivity index (χ3v) is 2.25. The number of rotatable bonds is 2. The van der Waals surface area contributed by atoms with Gasteiger partial charge in [0.25, 0.3) is 0 Å². The first-order valence-corrected chi connectivity index (χ1v) is 4.99. The Hall–Kier alpha value is -1.42. The van der Waals surface area contributed by atoms with E-state index in [-0.39, 0.29) is 6.10 Å². The highest BCUT2D eigenvalue weighted by Crippen LogP contribution is 2.33. The topological polar surface area (TPSA) is 47.7 Å². The van der Waals surface area contributed by atoms with Gasteiger partial charge in [-0.3, -0.25) is 0 Å². The second kappa shape index (κ2) is 3.98. The van der Waals surface area contributed by atoms with Crippen molar-refractivity contribution in [2.75, 3.05) is 33.0 Å². The molecule has 1 aliphatic heterocycles. The Balaban J connectivity index is 2.10. The van der Waals surface area contributed by atoms with Crippen molar-refractivity contribution < 1.29 is 9.47 Å². The summed E-state index contributed by atoms with van der Waals surface area (Å²) in [6.45, 7) is 1.43. The average Bonchev–Trinajstić information content (AvgIpc) is 2.17. The maximum Gasteiger partial charge on any atom is 0.163 e. The van der Waals surface area contributed by atoms with Gasteiger partial charge in [-0.15, -0.1) is 0 Å². The van der Waals surface area contributed by atoms with E-state index in [0.717, 1.165) is 18.0 Å². The Labute approximate surface area is 89.6 Å². The second-order valence-electron chi connectivity index (χ2n) is 4.02. The van der Waals surface area contributed by atoms with Crippen molar-refractivity contribution in [3.8, 4) is 11.5 Å². The molecular weight excluding hydrogens is 192 g/mol. The lowest BCUT2D eigenvalue weighted by Gasteiger charge is -2.28. The van der Waals surface area contributed by atoms with Crippen LogP contribution in [0.4, 0.5) is 5.69 Å². The van der Waals surface area contributed by atoms with Crippen LogP contribution in [0, 0.1) is 0 Å². The number of nitrogens with two attached hydrogens (primary N) is 1. The maximum absolute atomic E-state index is 5.78. The van der Waals surface area contributed by atoms with E-state index in [1.165, 1.54) is 0 Å². The van der Waals surface area contributed by atoms with Gasteiger partial charge in [0.1, 0.15) is 12.7 Å². The molecular formula is C11H16N2O2. The smallest absolute Gasteiger partial charge is 0.163 e. The van der Waals surface area contributed by atoms with Gasteiger partial charge >= 0.3 is 0 Å². The summed E-state index contributed by atoms with van der Waals surface area (Å²) in [5, 5.41) is 0. The summed E-state index contributed by atoms with van der Waals surface area (Å²) in [5.41, 5.74) is 6.35. The molecule has 0 saturated carbocycles. The summed E-state index contributed by atoms with van der Waals surface area (Å²) in [5.74, 6) is 1.52. The Morgan fingerprint density at radius 2 is 2.20 bits per heavy atom. The molecule has 82 valence electrons. The van der Waals surface area contributed by atoms with Crippen molar-refractivity contribution in [2.24, 2.45) is 0 Å². The predicted molar refractivity (Wildman–Crippen MR) is 59.3 cm³/mol. The molecule has 4 nitrogen and oxygen atoms in total. The standard InChI is InChI=1S/C11H16N2O2/c1-13(2)6-9-7-14-11-5-8(12)3-4-10(11)15-9/h3-5,9H,6-7,12H2,1-2H3/t9-/m1/s1. The van der Waals surface area contributed by atoms with Crippen molar-refractivity contribution in [2.45, 2.75) is 6.10 Å². The summed E-state index contributed by atoms with van der Waals surface area (Å²) in [7, 11) is 4.03. The predicted octanol–water partition coefficient (Wildman–Crippen LogP) is 0.970. The van der Waals surface area contributed by atoms with Crippen LogP contribution in [0.2, 0.25) is 0 Å². The number of hydrogen-bond donors (Lipinski definition) is 1. The van der Waals surface area contributed by atoms with E-state index >= 15 is 0 Å². The van der Waals surface area contributed by atoms with Crippen LogP contribution in [0.3, 0.4) is 0 Å². The largest absolute Gasteiger partial charge is 0.486 e. The van der Waals surface area contributed by atoms with Gasteiger partial charge in [-0.1, -0.05) is 0 Å². The van der Waals surface area contributed by atoms with Gasteiger partial charge in [0.2, 0.25) is 0 Å². The molecule has 4 heteroatoms. The average molecular weight is 208 g/mol. The van der Waals surface area contributed by atoms with Gasteiger partial charge in [0.15, 0.2) is 11.5 Å². The molecule has 0 aliphatic carbocycles. The fourth-order valence-electron chi connectivity index (χ4n) is 1.63. The lowest BCUT2D eigenvalue weighted by molar-refractivity contribution is 0.0711. The number of fused-ring (bicyclic) bond motifs is 1.